The van der Waals surface area contributed by atoms with Gasteiger partial charge in [-0.3, -0.25) is 4.79 Å². The molecule has 1 N–H and O–H groups in total. The van der Waals surface area contributed by atoms with Crippen molar-refractivity contribution in [2.75, 3.05) is 5.32 Å². The van der Waals surface area contributed by atoms with Crippen molar-refractivity contribution in [1.82, 2.24) is 0 Å². The van der Waals surface area contributed by atoms with Crippen LogP contribution >= 0.6 is 11.6 Å². The lowest BCUT2D eigenvalue weighted by Gasteiger charge is -2.19. The Balaban J connectivity index is 1.95. The fourth-order valence-corrected chi connectivity index (χ4v) is 2.42. The van der Waals surface area contributed by atoms with Crippen molar-refractivity contribution in [2.45, 2.75) is 32.5 Å². The van der Waals surface area contributed by atoms with Gasteiger partial charge in [0.15, 0.2) is 12.2 Å². The van der Waals surface area contributed by atoms with Crippen LogP contribution in [-0.2, 0) is 14.3 Å². The van der Waals surface area contributed by atoms with Gasteiger partial charge in [-0.05, 0) is 43.7 Å². The smallest absolute Gasteiger partial charge is 0.348 e. The Kier molecular flexibility index (Phi) is 7.21. The lowest BCUT2D eigenvalue weighted by molar-refractivity contribution is -0.160. The molecule has 0 saturated heterocycles. The summed E-state index contributed by atoms with van der Waals surface area (Å²) in [5.74, 6) is -0.591. The molecule has 27 heavy (non-hydrogen) atoms. The SMILES string of the molecule is CC[C@H](Oc1ccccc1)C(=O)O[C@@H](C)C(=O)Nc1ccc(C#N)c(Cl)c1. The van der Waals surface area contributed by atoms with Crippen LogP contribution in [0.2, 0.25) is 5.02 Å². The van der Waals surface area contributed by atoms with Gasteiger partial charge in [-0.25, -0.2) is 4.79 Å². The molecule has 2 aromatic rings. The predicted octanol–water partition coefficient (Wildman–Crippen LogP) is 3.94. The lowest BCUT2D eigenvalue weighted by atomic mass is 10.2. The number of nitrogens with one attached hydrogen (secondary N) is 1. The monoisotopic (exact) mass is 386 g/mol. The Morgan fingerprint density at radius 3 is 2.52 bits per heavy atom. The molecule has 0 aliphatic carbocycles. The second kappa shape index (κ2) is 9.60. The fourth-order valence-electron chi connectivity index (χ4n) is 2.19. The van der Waals surface area contributed by atoms with Crippen LogP contribution < -0.4 is 10.1 Å². The third-order valence-corrected chi connectivity index (χ3v) is 3.99. The third kappa shape index (κ3) is 5.73. The number of halogens is 1. The number of benzene rings is 2. The second-order valence-corrected chi connectivity index (χ2v) is 6.11. The zero-order chi connectivity index (χ0) is 19.8. The topological polar surface area (TPSA) is 88.4 Å². The van der Waals surface area contributed by atoms with Crippen molar-refractivity contribution in [1.29, 1.82) is 5.26 Å². The molecule has 0 fully saturated rings. The Morgan fingerprint density at radius 1 is 1.22 bits per heavy atom. The van der Waals surface area contributed by atoms with Gasteiger partial charge in [0.2, 0.25) is 0 Å². The molecule has 0 spiro atoms. The van der Waals surface area contributed by atoms with Crippen LogP contribution in [0.3, 0.4) is 0 Å². The molecule has 0 aromatic heterocycles. The highest BCUT2D eigenvalue weighted by Crippen LogP contribution is 2.20. The third-order valence-electron chi connectivity index (χ3n) is 3.67. The predicted molar refractivity (Wildman–Crippen MR) is 101 cm³/mol. The van der Waals surface area contributed by atoms with E-state index >= 15 is 0 Å². The molecule has 0 bridgehead atoms. The number of nitriles is 1. The molecule has 2 atom stereocenters. The number of hydrogen-bond acceptors (Lipinski definition) is 5. The Morgan fingerprint density at radius 2 is 1.93 bits per heavy atom. The van der Waals surface area contributed by atoms with Gasteiger partial charge in [0, 0.05) is 5.69 Å². The first kappa shape index (κ1) is 20.3. The van der Waals surface area contributed by atoms with Gasteiger partial charge >= 0.3 is 5.97 Å². The van der Waals surface area contributed by atoms with Crippen LogP contribution in [-0.4, -0.2) is 24.1 Å². The van der Waals surface area contributed by atoms with Crippen LogP contribution in [0, 0.1) is 11.3 Å². The van der Waals surface area contributed by atoms with Crippen LogP contribution in [0.4, 0.5) is 5.69 Å². The molecule has 0 heterocycles. The molecular formula is C20H19ClN2O4. The van der Waals surface area contributed by atoms with E-state index in [4.69, 9.17) is 26.3 Å². The summed E-state index contributed by atoms with van der Waals surface area (Å²) < 4.78 is 10.8. The summed E-state index contributed by atoms with van der Waals surface area (Å²) in [6.07, 6.45) is -1.44. The van der Waals surface area contributed by atoms with Gasteiger partial charge in [0.25, 0.3) is 5.91 Å². The maximum Gasteiger partial charge on any atom is 0.348 e. The number of hydrogen-bond donors (Lipinski definition) is 1. The van der Waals surface area contributed by atoms with Gasteiger partial charge < -0.3 is 14.8 Å². The minimum atomic E-state index is -1.03. The number of rotatable bonds is 7. The molecule has 2 rings (SSSR count). The second-order valence-electron chi connectivity index (χ2n) is 5.70. The summed E-state index contributed by atoms with van der Waals surface area (Å²) in [6, 6.07) is 15.3. The molecule has 7 heteroatoms. The first-order chi connectivity index (χ1) is 12.9. The number of esters is 1. The molecule has 140 valence electrons. The Hall–Kier alpha value is -3.04. The molecule has 0 saturated carbocycles. The number of amides is 1. The van der Waals surface area contributed by atoms with Crippen molar-refractivity contribution in [3.05, 3.63) is 59.1 Å². The van der Waals surface area contributed by atoms with Crippen LogP contribution in [0.15, 0.2) is 48.5 Å². The van der Waals surface area contributed by atoms with E-state index in [1.165, 1.54) is 19.1 Å². The summed E-state index contributed by atoms with van der Waals surface area (Å²) in [7, 11) is 0. The van der Waals surface area contributed by atoms with Crippen molar-refractivity contribution < 1.29 is 19.1 Å². The van der Waals surface area contributed by atoms with E-state index in [1.54, 1.807) is 37.3 Å². The molecule has 1 amide bonds. The quantitative estimate of drug-likeness (QED) is 0.728. The summed E-state index contributed by atoms with van der Waals surface area (Å²) in [6.45, 7) is 3.26. The van der Waals surface area contributed by atoms with E-state index in [2.05, 4.69) is 5.32 Å². The summed E-state index contributed by atoms with van der Waals surface area (Å²) in [4.78, 5) is 24.5. The maximum absolute atomic E-state index is 12.3. The van der Waals surface area contributed by atoms with Gasteiger partial charge in [-0.1, -0.05) is 36.7 Å². The molecule has 0 unspecified atom stereocenters. The zero-order valence-electron chi connectivity index (χ0n) is 14.9. The van der Waals surface area contributed by atoms with Gasteiger partial charge in [-0.15, -0.1) is 0 Å². The van der Waals surface area contributed by atoms with E-state index < -0.39 is 24.1 Å². The number of para-hydroxylation sites is 1. The average Bonchev–Trinajstić information content (AvgIpc) is 2.66. The number of anilines is 1. The summed E-state index contributed by atoms with van der Waals surface area (Å²) >= 11 is 5.94. The van der Waals surface area contributed by atoms with Crippen LogP contribution in [0.1, 0.15) is 25.8 Å². The van der Waals surface area contributed by atoms with Gasteiger partial charge in [-0.2, -0.15) is 5.26 Å². The molecule has 0 aliphatic rings. The molecular weight excluding hydrogens is 368 g/mol. The Bertz CT molecular complexity index is 849. The van der Waals surface area contributed by atoms with Gasteiger partial charge in [0.05, 0.1) is 10.6 Å². The largest absolute Gasteiger partial charge is 0.479 e. The molecule has 2 aromatic carbocycles. The van der Waals surface area contributed by atoms with Crippen LogP contribution in [0.25, 0.3) is 0 Å². The van der Waals surface area contributed by atoms with Crippen molar-refractivity contribution in [3.63, 3.8) is 0 Å². The number of ether oxygens (including phenoxy) is 2. The fraction of sp³-hybridized carbons (Fsp3) is 0.250. The van der Waals surface area contributed by atoms with Crippen molar-refractivity contribution in [2.24, 2.45) is 0 Å². The number of nitrogens with zero attached hydrogens (tertiary/aromatic N) is 1. The highest BCUT2D eigenvalue weighted by atomic mass is 35.5. The van der Waals surface area contributed by atoms with E-state index in [0.717, 1.165) is 0 Å². The first-order valence-corrected chi connectivity index (χ1v) is 8.75. The number of carbonyl (C=O) groups excluding carboxylic acids is 2. The van der Waals surface area contributed by atoms with E-state index in [9.17, 15) is 9.59 Å². The Labute approximate surface area is 162 Å². The first-order valence-electron chi connectivity index (χ1n) is 8.37. The van der Waals surface area contributed by atoms with Crippen molar-refractivity contribution in [3.8, 4) is 11.8 Å². The molecule has 0 radical (unpaired) electrons. The maximum atomic E-state index is 12.3. The highest BCUT2D eigenvalue weighted by Gasteiger charge is 2.25. The molecule has 0 aliphatic heterocycles. The van der Waals surface area contributed by atoms with E-state index in [-0.39, 0.29) is 5.02 Å². The summed E-state index contributed by atoms with van der Waals surface area (Å²) in [5.41, 5.74) is 0.706. The minimum absolute atomic E-state index is 0.224. The van der Waals surface area contributed by atoms with E-state index in [1.807, 2.05) is 12.1 Å². The normalized spacial score (nSPS) is 12.4. The summed E-state index contributed by atoms with van der Waals surface area (Å²) in [5, 5.41) is 11.7. The van der Waals surface area contributed by atoms with E-state index in [0.29, 0.717) is 23.4 Å². The standard InChI is InChI=1S/C20H19ClN2O4/c1-3-18(27-16-7-5-4-6-8-16)20(25)26-13(2)19(24)23-15-10-9-14(12-22)17(21)11-15/h4-11,13,18H,3H2,1-2H3,(H,23,24)/t13-,18-/m0/s1. The number of carbonyl (C=O) groups is 2. The van der Waals surface area contributed by atoms with Crippen molar-refractivity contribution >= 4 is 29.2 Å². The van der Waals surface area contributed by atoms with Crippen LogP contribution in [0.5, 0.6) is 5.75 Å². The minimum Gasteiger partial charge on any atom is -0.479 e. The molecule has 6 nitrogen and oxygen atoms in total. The average molecular weight is 387 g/mol. The van der Waals surface area contributed by atoms with Gasteiger partial charge in [0.1, 0.15) is 11.8 Å². The zero-order valence-corrected chi connectivity index (χ0v) is 15.7. The lowest BCUT2D eigenvalue weighted by Crippen LogP contribution is -2.36. The highest BCUT2D eigenvalue weighted by molar-refractivity contribution is 6.32.